The van der Waals surface area contributed by atoms with Crippen LogP contribution >= 0.6 is 0 Å². The number of nitrogens with two attached hydrogens (primary N) is 1. The molecule has 1 atom stereocenters. The van der Waals surface area contributed by atoms with Crippen LogP contribution in [-0.2, 0) is 0 Å². The zero-order valence-corrected chi connectivity index (χ0v) is 10.2. The first-order valence-electron chi connectivity index (χ1n) is 5.83. The second-order valence-electron chi connectivity index (χ2n) is 4.14. The largest absolute Gasteiger partial charge is 0.494 e. The maximum Gasteiger partial charge on any atom is 0.123 e. The summed E-state index contributed by atoms with van der Waals surface area (Å²) in [5.74, 6) is 1.76. The Labute approximate surface area is 101 Å². The minimum Gasteiger partial charge on any atom is -0.494 e. The lowest BCUT2D eigenvalue weighted by Crippen LogP contribution is -2.25. The van der Waals surface area contributed by atoms with E-state index in [2.05, 4.69) is 17.1 Å². The van der Waals surface area contributed by atoms with Crippen molar-refractivity contribution < 1.29 is 4.74 Å². The summed E-state index contributed by atoms with van der Waals surface area (Å²) in [6, 6.07) is 7.93. The van der Waals surface area contributed by atoms with Gasteiger partial charge in [0.15, 0.2) is 0 Å². The highest BCUT2D eigenvalue weighted by atomic mass is 16.5. The Morgan fingerprint density at radius 2 is 2.24 bits per heavy atom. The summed E-state index contributed by atoms with van der Waals surface area (Å²) in [6.07, 6.45) is 0.762. The van der Waals surface area contributed by atoms with E-state index in [0.29, 0.717) is 18.4 Å². The van der Waals surface area contributed by atoms with Gasteiger partial charge in [-0.3, -0.25) is 0 Å². The molecule has 0 aromatic heterocycles. The fraction of sp³-hybridized carbons (Fsp3) is 0.385. The fourth-order valence-corrected chi connectivity index (χ4v) is 1.92. The second-order valence-corrected chi connectivity index (χ2v) is 4.14. The molecule has 0 bridgehead atoms. The van der Waals surface area contributed by atoms with Crippen molar-refractivity contribution in [2.75, 3.05) is 6.61 Å². The van der Waals surface area contributed by atoms with Gasteiger partial charge in [0.05, 0.1) is 12.3 Å². The van der Waals surface area contributed by atoms with Crippen LogP contribution in [-0.4, -0.2) is 18.2 Å². The summed E-state index contributed by atoms with van der Waals surface area (Å²) in [7, 11) is 0. The van der Waals surface area contributed by atoms with Gasteiger partial charge < -0.3 is 10.5 Å². The van der Waals surface area contributed by atoms with Crippen LogP contribution in [0.2, 0.25) is 0 Å². The normalized spacial score (nSPS) is 19.5. The highest BCUT2D eigenvalue weighted by Gasteiger charge is 2.18. The van der Waals surface area contributed by atoms with Crippen LogP contribution in [0.15, 0.2) is 34.5 Å². The summed E-state index contributed by atoms with van der Waals surface area (Å²) in [6.45, 7) is 4.74. The Bertz CT molecular complexity index is 465. The molecule has 1 heterocycles. The highest BCUT2D eigenvalue weighted by Crippen LogP contribution is 2.21. The molecule has 2 N–H and O–H groups in total. The zero-order chi connectivity index (χ0) is 12.3. The maximum absolute atomic E-state index is 5.66. The third-order valence-corrected chi connectivity index (χ3v) is 2.71. The zero-order valence-electron chi connectivity index (χ0n) is 10.2. The van der Waals surface area contributed by atoms with Gasteiger partial charge in [0.25, 0.3) is 0 Å². The van der Waals surface area contributed by atoms with Crippen LogP contribution in [0.4, 0.5) is 0 Å². The molecular formula is C13H17N3O. The van der Waals surface area contributed by atoms with Gasteiger partial charge >= 0.3 is 0 Å². The minimum atomic E-state index is 0.296. The Hall–Kier alpha value is -1.84. The van der Waals surface area contributed by atoms with Gasteiger partial charge in [-0.2, -0.15) is 5.10 Å². The SMILES string of the molecule is CCOc1cccc(C2=NN=C(N)CC2C)c1. The molecule has 0 fully saturated rings. The van der Waals surface area contributed by atoms with E-state index in [0.717, 1.165) is 23.4 Å². The number of rotatable bonds is 3. The van der Waals surface area contributed by atoms with Crippen molar-refractivity contribution in [3.8, 4) is 5.75 Å². The molecule has 17 heavy (non-hydrogen) atoms. The molecule has 4 nitrogen and oxygen atoms in total. The lowest BCUT2D eigenvalue weighted by Gasteiger charge is -2.17. The van der Waals surface area contributed by atoms with Crippen molar-refractivity contribution in [1.29, 1.82) is 0 Å². The van der Waals surface area contributed by atoms with Crippen LogP contribution in [0.5, 0.6) is 5.75 Å². The third-order valence-electron chi connectivity index (χ3n) is 2.71. The summed E-state index contributed by atoms with van der Waals surface area (Å²) in [5, 5.41) is 8.14. The van der Waals surface area contributed by atoms with E-state index in [1.165, 1.54) is 0 Å². The van der Waals surface area contributed by atoms with Crippen LogP contribution in [0.25, 0.3) is 0 Å². The number of benzene rings is 1. The summed E-state index contributed by atoms with van der Waals surface area (Å²) >= 11 is 0. The first-order chi connectivity index (χ1) is 8.20. The first-order valence-corrected chi connectivity index (χ1v) is 5.83. The van der Waals surface area contributed by atoms with Gasteiger partial charge in [-0.15, -0.1) is 5.10 Å². The van der Waals surface area contributed by atoms with E-state index in [9.17, 15) is 0 Å². The molecule has 90 valence electrons. The van der Waals surface area contributed by atoms with Crippen LogP contribution in [0.3, 0.4) is 0 Å². The Morgan fingerprint density at radius 1 is 1.41 bits per heavy atom. The number of nitrogens with zero attached hydrogens (tertiary/aromatic N) is 2. The van der Waals surface area contributed by atoms with Crippen molar-refractivity contribution in [2.45, 2.75) is 20.3 Å². The molecule has 2 rings (SSSR count). The maximum atomic E-state index is 5.66. The number of ether oxygens (including phenoxy) is 1. The quantitative estimate of drug-likeness (QED) is 0.866. The van der Waals surface area contributed by atoms with Gasteiger partial charge in [0.2, 0.25) is 0 Å². The number of amidine groups is 1. The fourth-order valence-electron chi connectivity index (χ4n) is 1.92. The molecule has 4 heteroatoms. The Morgan fingerprint density at radius 3 is 2.94 bits per heavy atom. The van der Waals surface area contributed by atoms with Gasteiger partial charge in [-0.1, -0.05) is 19.1 Å². The van der Waals surface area contributed by atoms with Gasteiger partial charge in [0.1, 0.15) is 11.6 Å². The van der Waals surface area contributed by atoms with Crippen molar-refractivity contribution >= 4 is 11.5 Å². The van der Waals surface area contributed by atoms with Crippen molar-refractivity contribution in [3.05, 3.63) is 29.8 Å². The third kappa shape index (κ3) is 2.64. The topological polar surface area (TPSA) is 60.0 Å². The van der Waals surface area contributed by atoms with Gasteiger partial charge in [-0.25, -0.2) is 0 Å². The molecule has 0 saturated carbocycles. The second kappa shape index (κ2) is 4.99. The lowest BCUT2D eigenvalue weighted by atomic mass is 9.94. The standard InChI is InChI=1S/C13H17N3O/c1-3-17-11-6-4-5-10(8-11)13-9(2)7-12(14)15-16-13/h4-6,8-9H,3,7H2,1-2H3,(H2,14,15). The average molecular weight is 231 g/mol. The number of hydrogen-bond acceptors (Lipinski definition) is 4. The molecule has 0 spiro atoms. The van der Waals surface area contributed by atoms with Gasteiger partial charge in [-0.05, 0) is 19.1 Å². The Balaban J connectivity index is 2.30. The molecular weight excluding hydrogens is 214 g/mol. The predicted octanol–water partition coefficient (Wildman–Crippen LogP) is 2.19. The van der Waals surface area contributed by atoms with E-state index < -0.39 is 0 Å². The molecule has 0 radical (unpaired) electrons. The molecule has 1 aromatic carbocycles. The molecule has 0 amide bonds. The monoisotopic (exact) mass is 231 g/mol. The lowest BCUT2D eigenvalue weighted by molar-refractivity contribution is 0.340. The van der Waals surface area contributed by atoms with Gasteiger partial charge in [0, 0.05) is 17.9 Å². The first kappa shape index (κ1) is 11.6. The van der Waals surface area contributed by atoms with Crippen LogP contribution in [0, 0.1) is 5.92 Å². The summed E-state index contributed by atoms with van der Waals surface area (Å²) in [4.78, 5) is 0. The van der Waals surface area contributed by atoms with Crippen LogP contribution < -0.4 is 10.5 Å². The highest BCUT2D eigenvalue weighted by molar-refractivity contribution is 6.05. The van der Waals surface area contributed by atoms with Crippen molar-refractivity contribution in [2.24, 2.45) is 21.9 Å². The van der Waals surface area contributed by atoms with E-state index in [-0.39, 0.29) is 0 Å². The summed E-state index contributed by atoms with van der Waals surface area (Å²) in [5.41, 5.74) is 7.69. The van der Waals surface area contributed by atoms with Crippen molar-refractivity contribution in [1.82, 2.24) is 0 Å². The average Bonchev–Trinajstić information content (AvgIpc) is 2.29. The molecule has 1 unspecified atom stereocenters. The smallest absolute Gasteiger partial charge is 0.123 e. The molecule has 1 aliphatic heterocycles. The predicted molar refractivity (Wildman–Crippen MR) is 69.6 cm³/mol. The molecule has 0 aliphatic carbocycles. The number of hydrogen-bond donors (Lipinski definition) is 1. The van der Waals surface area contributed by atoms with E-state index >= 15 is 0 Å². The van der Waals surface area contributed by atoms with Crippen LogP contribution in [0.1, 0.15) is 25.8 Å². The molecule has 1 aliphatic rings. The molecule has 0 saturated heterocycles. The molecule has 1 aromatic rings. The Kier molecular flexibility index (Phi) is 3.42. The van der Waals surface area contributed by atoms with Crippen molar-refractivity contribution in [3.63, 3.8) is 0 Å². The summed E-state index contributed by atoms with van der Waals surface area (Å²) < 4.78 is 5.48. The van der Waals surface area contributed by atoms with E-state index in [1.807, 2.05) is 31.2 Å². The minimum absolute atomic E-state index is 0.296. The van der Waals surface area contributed by atoms with E-state index in [1.54, 1.807) is 0 Å². The van der Waals surface area contributed by atoms with E-state index in [4.69, 9.17) is 10.5 Å².